The molecule has 0 aliphatic rings. The molecule has 0 spiro atoms. The van der Waals surface area contributed by atoms with Gasteiger partial charge in [0, 0.05) is 18.8 Å². The number of amides is 1. The van der Waals surface area contributed by atoms with E-state index in [1.807, 2.05) is 0 Å². The first-order chi connectivity index (χ1) is 9.52. The lowest BCUT2D eigenvalue weighted by molar-refractivity contribution is 0.152. The van der Waals surface area contributed by atoms with Crippen molar-refractivity contribution < 1.29 is 19.1 Å². The Morgan fingerprint density at radius 2 is 2.15 bits per heavy atom. The van der Waals surface area contributed by atoms with Gasteiger partial charge in [-0.05, 0) is 23.8 Å². The lowest BCUT2D eigenvalue weighted by atomic mass is 10.1. The molecule has 0 unspecified atom stereocenters. The average Bonchev–Trinajstić information content (AvgIpc) is 2.82. The molecule has 1 aromatic heterocycles. The average molecular weight is 278 g/mol. The van der Waals surface area contributed by atoms with Crippen LogP contribution >= 0.6 is 0 Å². The van der Waals surface area contributed by atoms with Gasteiger partial charge in [0.25, 0.3) is 0 Å². The van der Waals surface area contributed by atoms with Gasteiger partial charge in [0.15, 0.2) is 0 Å². The zero-order chi connectivity index (χ0) is 14.7. The Hall–Kier alpha value is -2.50. The molecule has 20 heavy (non-hydrogen) atoms. The smallest absolute Gasteiger partial charge is 0.407 e. The van der Waals surface area contributed by atoms with Crippen LogP contribution in [0.25, 0.3) is 11.3 Å². The first kappa shape index (κ1) is 13.9. The Morgan fingerprint density at radius 1 is 1.45 bits per heavy atom. The van der Waals surface area contributed by atoms with Crippen molar-refractivity contribution in [3.63, 3.8) is 0 Å². The minimum Gasteiger partial charge on any atom is -0.465 e. The van der Waals surface area contributed by atoms with Crippen molar-refractivity contribution in [1.82, 2.24) is 9.63 Å². The highest BCUT2D eigenvalue weighted by atomic mass is 19.1. The highest BCUT2D eigenvalue weighted by Crippen LogP contribution is 2.24. The molecule has 0 saturated carbocycles. The van der Waals surface area contributed by atoms with E-state index >= 15 is 0 Å². The number of aromatic nitrogens is 1. The summed E-state index contributed by atoms with van der Waals surface area (Å²) in [4.78, 5) is 17.1. The molecule has 1 heterocycles. The summed E-state index contributed by atoms with van der Waals surface area (Å²) in [6, 6.07) is 8.06. The van der Waals surface area contributed by atoms with E-state index in [1.54, 1.807) is 30.5 Å². The van der Waals surface area contributed by atoms with Crippen LogP contribution in [-0.2, 0) is 6.54 Å². The van der Waals surface area contributed by atoms with Gasteiger partial charge in [0.2, 0.25) is 0 Å². The predicted octanol–water partition coefficient (Wildman–Crippen LogP) is 2.46. The van der Waals surface area contributed by atoms with Crippen LogP contribution in [0.2, 0.25) is 0 Å². The zero-order valence-corrected chi connectivity index (χ0v) is 11.2. The molecular weight excluding hydrogens is 263 g/mol. The fraction of sp³-hybridized carbons (Fsp3) is 0.214. The van der Waals surface area contributed by atoms with Gasteiger partial charge in [-0.25, -0.2) is 9.18 Å². The molecule has 6 heteroatoms. The molecule has 0 aliphatic carbocycles. The van der Waals surface area contributed by atoms with E-state index in [0.717, 1.165) is 10.5 Å². The number of carbonyl (C=O) groups is 1. The van der Waals surface area contributed by atoms with Crippen LogP contribution in [0.3, 0.4) is 0 Å². The van der Waals surface area contributed by atoms with Crippen molar-refractivity contribution in [3.05, 3.63) is 47.9 Å². The van der Waals surface area contributed by atoms with Crippen molar-refractivity contribution >= 4 is 6.09 Å². The Morgan fingerprint density at radius 3 is 2.75 bits per heavy atom. The molecule has 106 valence electrons. The predicted molar refractivity (Wildman–Crippen MR) is 71.8 cm³/mol. The summed E-state index contributed by atoms with van der Waals surface area (Å²) >= 11 is 0. The Labute approximate surface area is 115 Å². The van der Waals surface area contributed by atoms with Crippen molar-refractivity contribution in [1.29, 1.82) is 0 Å². The van der Waals surface area contributed by atoms with Gasteiger partial charge in [-0.15, -0.1) is 0 Å². The van der Waals surface area contributed by atoms with E-state index in [9.17, 15) is 9.18 Å². The second-order valence-electron chi connectivity index (χ2n) is 4.36. The van der Waals surface area contributed by atoms with Crippen LogP contribution in [0.4, 0.5) is 9.18 Å². The van der Waals surface area contributed by atoms with Crippen molar-refractivity contribution in [2.45, 2.75) is 6.54 Å². The first-order valence-corrected chi connectivity index (χ1v) is 5.97. The summed E-state index contributed by atoms with van der Waals surface area (Å²) in [5.74, 6) is -0.359. The van der Waals surface area contributed by atoms with E-state index in [1.165, 1.54) is 25.0 Å². The van der Waals surface area contributed by atoms with E-state index in [4.69, 9.17) is 9.94 Å². The highest BCUT2D eigenvalue weighted by Gasteiger charge is 2.14. The molecule has 0 aliphatic heterocycles. The Kier molecular flexibility index (Phi) is 3.93. The SMILES string of the molecule is COn1cc(CN(C)C(=O)O)cc1-c1ccccc1F. The van der Waals surface area contributed by atoms with Crippen LogP contribution in [0.15, 0.2) is 36.5 Å². The second-order valence-corrected chi connectivity index (χ2v) is 4.36. The van der Waals surface area contributed by atoms with Crippen molar-refractivity contribution in [3.8, 4) is 11.3 Å². The maximum absolute atomic E-state index is 13.8. The van der Waals surface area contributed by atoms with Gasteiger partial charge in [-0.3, -0.25) is 0 Å². The number of nitrogens with zero attached hydrogens (tertiary/aromatic N) is 2. The second kappa shape index (κ2) is 5.64. The van der Waals surface area contributed by atoms with Gasteiger partial charge in [-0.1, -0.05) is 12.1 Å². The number of hydrogen-bond donors (Lipinski definition) is 1. The summed E-state index contributed by atoms with van der Waals surface area (Å²) < 4.78 is 15.2. The standard InChI is InChI=1S/C14H15FN2O3/c1-16(14(18)19)8-10-7-13(17(9-10)20-2)11-5-3-4-6-12(11)15/h3-7,9H,8H2,1-2H3,(H,18,19). The minimum atomic E-state index is -1.03. The van der Waals surface area contributed by atoms with Gasteiger partial charge in [0.1, 0.15) is 12.9 Å². The van der Waals surface area contributed by atoms with Crippen molar-refractivity contribution in [2.75, 3.05) is 14.2 Å². The fourth-order valence-corrected chi connectivity index (χ4v) is 1.94. The lowest BCUT2D eigenvalue weighted by Crippen LogP contribution is -2.23. The Bertz CT molecular complexity index is 625. The highest BCUT2D eigenvalue weighted by molar-refractivity contribution is 5.65. The lowest BCUT2D eigenvalue weighted by Gasteiger charge is -2.10. The van der Waals surface area contributed by atoms with Crippen molar-refractivity contribution in [2.24, 2.45) is 0 Å². The fourth-order valence-electron chi connectivity index (χ4n) is 1.94. The number of hydrogen-bond acceptors (Lipinski definition) is 2. The molecule has 0 atom stereocenters. The van der Waals surface area contributed by atoms with E-state index in [2.05, 4.69) is 0 Å². The normalized spacial score (nSPS) is 10.3. The van der Waals surface area contributed by atoms with E-state index in [-0.39, 0.29) is 12.4 Å². The van der Waals surface area contributed by atoms with Crippen LogP contribution in [0, 0.1) is 5.82 Å². The van der Waals surface area contributed by atoms with Crippen LogP contribution < -0.4 is 4.84 Å². The summed E-state index contributed by atoms with van der Waals surface area (Å²) in [6.45, 7) is 0.202. The number of rotatable bonds is 4. The number of benzene rings is 1. The zero-order valence-electron chi connectivity index (χ0n) is 11.2. The quantitative estimate of drug-likeness (QED) is 0.934. The molecule has 0 bridgehead atoms. The third-order valence-corrected chi connectivity index (χ3v) is 2.94. The molecular formula is C14H15FN2O3. The molecule has 1 N–H and O–H groups in total. The third-order valence-electron chi connectivity index (χ3n) is 2.94. The molecule has 1 amide bonds. The maximum Gasteiger partial charge on any atom is 0.407 e. The number of carboxylic acid groups (broad SMARTS) is 1. The molecule has 5 nitrogen and oxygen atoms in total. The minimum absolute atomic E-state index is 0.202. The van der Waals surface area contributed by atoms with Gasteiger partial charge >= 0.3 is 6.09 Å². The topological polar surface area (TPSA) is 54.7 Å². The summed E-state index contributed by atoms with van der Waals surface area (Å²) in [5.41, 5.74) is 1.66. The molecule has 2 aromatic rings. The number of halogens is 1. The van der Waals surface area contributed by atoms with Gasteiger partial charge < -0.3 is 14.8 Å². The first-order valence-electron chi connectivity index (χ1n) is 5.97. The maximum atomic E-state index is 13.8. The summed E-state index contributed by atoms with van der Waals surface area (Å²) in [7, 11) is 2.93. The monoisotopic (exact) mass is 278 g/mol. The van der Waals surface area contributed by atoms with Gasteiger partial charge in [0.05, 0.1) is 12.2 Å². The molecule has 1 aromatic carbocycles. The molecule has 0 saturated heterocycles. The summed E-state index contributed by atoms with van der Waals surface area (Å²) in [5, 5.41) is 8.87. The van der Waals surface area contributed by atoms with Crippen LogP contribution in [-0.4, -0.2) is 35.0 Å². The largest absolute Gasteiger partial charge is 0.465 e. The van der Waals surface area contributed by atoms with E-state index < -0.39 is 6.09 Å². The summed E-state index contributed by atoms with van der Waals surface area (Å²) in [6.07, 6.45) is 0.615. The van der Waals surface area contributed by atoms with Crippen LogP contribution in [0.1, 0.15) is 5.56 Å². The Balaban J connectivity index is 2.37. The molecule has 0 radical (unpaired) electrons. The van der Waals surface area contributed by atoms with E-state index in [0.29, 0.717) is 11.3 Å². The van der Waals surface area contributed by atoms with Gasteiger partial charge in [-0.2, -0.15) is 4.73 Å². The van der Waals surface area contributed by atoms with Crippen LogP contribution in [0.5, 0.6) is 0 Å². The molecule has 2 rings (SSSR count). The third kappa shape index (κ3) is 2.74. The molecule has 0 fully saturated rings.